The van der Waals surface area contributed by atoms with Gasteiger partial charge in [-0.1, -0.05) is 19.4 Å². The lowest BCUT2D eigenvalue weighted by molar-refractivity contribution is 0.285. The second-order valence-corrected chi connectivity index (χ2v) is 5.62. The molecule has 1 nitrogen and oxygen atoms in total. The van der Waals surface area contributed by atoms with E-state index < -0.39 is 0 Å². The Labute approximate surface area is 96.9 Å². The van der Waals surface area contributed by atoms with E-state index in [2.05, 4.69) is 29.8 Å². The Balaban J connectivity index is 1.69. The Morgan fingerprint density at radius 3 is 2.73 bits per heavy atom. The van der Waals surface area contributed by atoms with Gasteiger partial charge in [-0.2, -0.15) is 0 Å². The normalized spacial score (nSPS) is 26.7. The molecule has 0 bridgehead atoms. The predicted octanol–water partition coefficient (Wildman–Crippen LogP) is 3.81. The summed E-state index contributed by atoms with van der Waals surface area (Å²) in [6, 6.07) is 5.13. The van der Waals surface area contributed by atoms with Crippen molar-refractivity contribution in [2.45, 2.75) is 51.6 Å². The maximum atomic E-state index is 3.68. The minimum absolute atomic E-state index is 0.773. The van der Waals surface area contributed by atoms with Crippen LogP contribution in [-0.4, -0.2) is 6.04 Å². The highest BCUT2D eigenvalue weighted by molar-refractivity contribution is 7.09. The van der Waals surface area contributed by atoms with Gasteiger partial charge in [0.15, 0.2) is 0 Å². The molecule has 1 aliphatic carbocycles. The molecule has 15 heavy (non-hydrogen) atoms. The zero-order chi connectivity index (χ0) is 10.5. The lowest BCUT2D eigenvalue weighted by Crippen LogP contribution is -2.32. The monoisotopic (exact) mass is 223 g/mol. The fraction of sp³-hybridized carbons (Fsp3) is 0.692. The van der Waals surface area contributed by atoms with E-state index in [0.717, 1.165) is 18.5 Å². The fourth-order valence-corrected chi connectivity index (χ4v) is 3.09. The summed E-state index contributed by atoms with van der Waals surface area (Å²) < 4.78 is 0. The number of hydrogen-bond donors (Lipinski definition) is 1. The standard InChI is InChI=1S/C13H21NS/c1-2-11-5-7-12(8-6-11)14-10-13-4-3-9-15-13/h3-4,9,11-12,14H,2,5-8,10H2,1H3. The van der Waals surface area contributed by atoms with Crippen molar-refractivity contribution < 1.29 is 0 Å². The first kappa shape index (κ1) is 11.2. The molecule has 0 aliphatic heterocycles. The molecule has 0 amide bonds. The molecule has 2 heteroatoms. The molecule has 1 saturated carbocycles. The van der Waals surface area contributed by atoms with E-state index >= 15 is 0 Å². The number of rotatable bonds is 4. The third-order valence-electron chi connectivity index (χ3n) is 3.57. The van der Waals surface area contributed by atoms with Crippen molar-refractivity contribution in [1.29, 1.82) is 0 Å². The molecule has 1 heterocycles. The first-order valence-electron chi connectivity index (χ1n) is 6.14. The van der Waals surface area contributed by atoms with Crippen molar-refractivity contribution in [2.24, 2.45) is 5.92 Å². The van der Waals surface area contributed by atoms with E-state index in [4.69, 9.17) is 0 Å². The molecule has 1 aromatic rings. The van der Waals surface area contributed by atoms with Crippen LogP contribution in [0.25, 0.3) is 0 Å². The first-order valence-corrected chi connectivity index (χ1v) is 7.02. The summed E-state index contributed by atoms with van der Waals surface area (Å²) in [5.74, 6) is 1.00. The Hall–Kier alpha value is -0.340. The van der Waals surface area contributed by atoms with Gasteiger partial charge in [-0.15, -0.1) is 11.3 Å². The quantitative estimate of drug-likeness (QED) is 0.818. The third-order valence-corrected chi connectivity index (χ3v) is 4.45. The molecule has 0 unspecified atom stereocenters. The van der Waals surface area contributed by atoms with Crippen LogP contribution >= 0.6 is 11.3 Å². The van der Waals surface area contributed by atoms with Gasteiger partial charge in [-0.3, -0.25) is 0 Å². The van der Waals surface area contributed by atoms with Crippen LogP contribution in [-0.2, 0) is 6.54 Å². The van der Waals surface area contributed by atoms with Gasteiger partial charge >= 0.3 is 0 Å². The molecular weight excluding hydrogens is 202 g/mol. The van der Waals surface area contributed by atoms with Gasteiger partial charge in [-0.25, -0.2) is 0 Å². The molecule has 1 aromatic heterocycles. The van der Waals surface area contributed by atoms with E-state index in [-0.39, 0.29) is 0 Å². The van der Waals surface area contributed by atoms with Gasteiger partial charge in [0.1, 0.15) is 0 Å². The summed E-state index contributed by atoms with van der Waals surface area (Å²) in [4.78, 5) is 1.47. The zero-order valence-electron chi connectivity index (χ0n) is 9.54. The summed E-state index contributed by atoms with van der Waals surface area (Å²) >= 11 is 1.85. The maximum Gasteiger partial charge on any atom is 0.0302 e. The lowest BCUT2D eigenvalue weighted by Gasteiger charge is -2.28. The summed E-state index contributed by atoms with van der Waals surface area (Å²) in [5, 5.41) is 5.84. The van der Waals surface area contributed by atoms with Crippen molar-refractivity contribution in [3.05, 3.63) is 22.4 Å². The Bertz CT molecular complexity index is 260. The van der Waals surface area contributed by atoms with Crippen LogP contribution < -0.4 is 5.32 Å². The summed E-state index contributed by atoms with van der Waals surface area (Å²) in [6.45, 7) is 3.39. The number of nitrogens with one attached hydrogen (secondary N) is 1. The van der Waals surface area contributed by atoms with E-state index in [1.165, 1.54) is 37.0 Å². The minimum Gasteiger partial charge on any atom is -0.309 e. The highest BCUT2D eigenvalue weighted by atomic mass is 32.1. The zero-order valence-corrected chi connectivity index (χ0v) is 10.4. The van der Waals surface area contributed by atoms with E-state index in [0.29, 0.717) is 0 Å². The van der Waals surface area contributed by atoms with Gasteiger partial charge in [0.2, 0.25) is 0 Å². The molecule has 0 saturated heterocycles. The van der Waals surface area contributed by atoms with Gasteiger partial charge in [0.05, 0.1) is 0 Å². The lowest BCUT2D eigenvalue weighted by atomic mass is 9.84. The summed E-state index contributed by atoms with van der Waals surface area (Å²) in [6.07, 6.45) is 6.99. The van der Waals surface area contributed by atoms with Gasteiger partial charge in [-0.05, 0) is 43.0 Å². The van der Waals surface area contributed by atoms with Gasteiger partial charge in [0, 0.05) is 17.5 Å². The third kappa shape index (κ3) is 3.32. The van der Waals surface area contributed by atoms with Gasteiger partial charge in [0.25, 0.3) is 0 Å². The second-order valence-electron chi connectivity index (χ2n) is 4.59. The van der Waals surface area contributed by atoms with Crippen LogP contribution in [0.4, 0.5) is 0 Å². The SMILES string of the molecule is CCC1CCC(NCc2cccs2)CC1. The van der Waals surface area contributed by atoms with Crippen molar-refractivity contribution in [1.82, 2.24) is 5.32 Å². The molecule has 2 rings (SSSR count). The van der Waals surface area contributed by atoms with Crippen LogP contribution in [0.1, 0.15) is 43.9 Å². The van der Waals surface area contributed by atoms with Crippen LogP contribution in [0.2, 0.25) is 0 Å². The van der Waals surface area contributed by atoms with E-state index in [9.17, 15) is 0 Å². The van der Waals surface area contributed by atoms with Crippen LogP contribution in [0.3, 0.4) is 0 Å². The molecule has 84 valence electrons. The van der Waals surface area contributed by atoms with Crippen molar-refractivity contribution in [2.75, 3.05) is 0 Å². The average Bonchev–Trinajstić information content (AvgIpc) is 2.80. The highest BCUT2D eigenvalue weighted by Crippen LogP contribution is 2.26. The smallest absolute Gasteiger partial charge is 0.0302 e. The summed E-state index contributed by atoms with van der Waals surface area (Å²) in [5.41, 5.74) is 0. The van der Waals surface area contributed by atoms with E-state index in [1.54, 1.807) is 0 Å². The molecule has 0 atom stereocenters. The second kappa shape index (κ2) is 5.66. The number of hydrogen-bond acceptors (Lipinski definition) is 2. The first-order chi connectivity index (χ1) is 7.38. The molecule has 1 aliphatic rings. The van der Waals surface area contributed by atoms with Crippen molar-refractivity contribution in [3.63, 3.8) is 0 Å². The van der Waals surface area contributed by atoms with Crippen molar-refractivity contribution in [3.8, 4) is 0 Å². The van der Waals surface area contributed by atoms with Crippen molar-refractivity contribution >= 4 is 11.3 Å². The highest BCUT2D eigenvalue weighted by Gasteiger charge is 2.19. The largest absolute Gasteiger partial charge is 0.309 e. The maximum absolute atomic E-state index is 3.68. The minimum atomic E-state index is 0.773. The topological polar surface area (TPSA) is 12.0 Å². The van der Waals surface area contributed by atoms with Gasteiger partial charge < -0.3 is 5.32 Å². The summed E-state index contributed by atoms with van der Waals surface area (Å²) in [7, 11) is 0. The Kier molecular flexibility index (Phi) is 4.21. The average molecular weight is 223 g/mol. The Morgan fingerprint density at radius 2 is 2.13 bits per heavy atom. The number of thiophene rings is 1. The fourth-order valence-electron chi connectivity index (χ4n) is 2.43. The Morgan fingerprint density at radius 1 is 1.33 bits per heavy atom. The molecule has 1 N–H and O–H groups in total. The molecule has 0 radical (unpaired) electrons. The van der Waals surface area contributed by atoms with Crippen LogP contribution in [0.5, 0.6) is 0 Å². The molecular formula is C13H21NS. The predicted molar refractivity (Wildman–Crippen MR) is 67.2 cm³/mol. The van der Waals surface area contributed by atoms with Crippen LogP contribution in [0, 0.1) is 5.92 Å². The molecule has 0 aromatic carbocycles. The molecule has 0 spiro atoms. The van der Waals surface area contributed by atoms with E-state index in [1.807, 2.05) is 11.3 Å². The molecule has 1 fully saturated rings. The van der Waals surface area contributed by atoms with Crippen LogP contribution in [0.15, 0.2) is 17.5 Å².